The average Bonchev–Trinajstić information content (AvgIpc) is 2.75. The molecule has 0 atom stereocenters. The third-order valence-electron chi connectivity index (χ3n) is 2.57. The van der Waals surface area contributed by atoms with Gasteiger partial charge in [0.2, 0.25) is 0 Å². The first-order chi connectivity index (χ1) is 7.88. The van der Waals surface area contributed by atoms with E-state index in [2.05, 4.69) is 36.4 Å². The van der Waals surface area contributed by atoms with E-state index >= 15 is 0 Å². The van der Waals surface area contributed by atoms with Crippen molar-refractivity contribution in [1.82, 2.24) is 9.90 Å². The summed E-state index contributed by atoms with van der Waals surface area (Å²) in [5, 5.41) is 4.48. The van der Waals surface area contributed by atoms with Gasteiger partial charge in [0, 0.05) is 0 Å². The monoisotopic (exact) mass is 216 g/mol. The Morgan fingerprint density at radius 2 is 2.06 bits per heavy atom. The Kier molecular flexibility index (Phi) is 3.70. The van der Waals surface area contributed by atoms with Gasteiger partial charge in [-0.2, -0.15) is 0 Å². The molecule has 0 N–H and O–H groups in total. The number of hydrogen-bond donors (Lipinski definition) is 0. The van der Waals surface area contributed by atoms with Gasteiger partial charge < -0.3 is 0 Å². The normalized spacial score (nSPS) is 10.6. The molecule has 0 saturated heterocycles. The van der Waals surface area contributed by atoms with E-state index in [0.29, 0.717) is 0 Å². The number of aryl methyl sites for hydroxylation is 1. The molecule has 1 aromatic carbocycles. The van der Waals surface area contributed by atoms with Crippen molar-refractivity contribution < 1.29 is 4.68 Å². The molecule has 0 bridgehead atoms. The maximum absolute atomic E-state index is 4.48. The Morgan fingerprint density at radius 3 is 2.81 bits per heavy atom. The predicted octanol–water partition coefficient (Wildman–Crippen LogP) is 2.02. The average molecular weight is 216 g/mol. The fraction of sp³-hybridized carbons (Fsp3) is 0.385. The third kappa shape index (κ3) is 2.92. The van der Waals surface area contributed by atoms with E-state index in [4.69, 9.17) is 0 Å². The highest BCUT2D eigenvalue weighted by atomic mass is 15.5. The second-order valence-electron chi connectivity index (χ2n) is 3.99. The van der Waals surface area contributed by atoms with E-state index in [9.17, 15) is 0 Å². The van der Waals surface area contributed by atoms with Gasteiger partial charge >= 0.3 is 0 Å². The minimum atomic E-state index is 0.847. The SMILES string of the molecule is CCCCn1cc[n+](Cc2ccccc2)n1. The highest BCUT2D eigenvalue weighted by Crippen LogP contribution is 1.97. The zero-order chi connectivity index (χ0) is 11.2. The predicted molar refractivity (Wildman–Crippen MR) is 62.9 cm³/mol. The second kappa shape index (κ2) is 5.45. The minimum absolute atomic E-state index is 0.847. The topological polar surface area (TPSA) is 21.7 Å². The summed E-state index contributed by atoms with van der Waals surface area (Å²) in [7, 11) is 0. The molecule has 84 valence electrons. The molecule has 0 aliphatic carbocycles. The third-order valence-corrected chi connectivity index (χ3v) is 2.57. The lowest BCUT2D eigenvalue weighted by atomic mass is 10.2. The molecule has 1 aromatic heterocycles. The molecule has 2 aromatic rings. The maximum Gasteiger partial charge on any atom is 0.155 e. The molecule has 0 fully saturated rings. The van der Waals surface area contributed by atoms with Crippen LogP contribution < -0.4 is 4.68 Å². The van der Waals surface area contributed by atoms with Crippen molar-refractivity contribution in [3.8, 4) is 0 Å². The number of unbranched alkanes of at least 4 members (excludes halogenated alkanes) is 1. The van der Waals surface area contributed by atoms with Crippen LogP contribution in [0.15, 0.2) is 42.7 Å². The summed E-state index contributed by atoms with van der Waals surface area (Å²) in [4.78, 5) is 0. The van der Waals surface area contributed by atoms with Crippen LogP contribution in [0.25, 0.3) is 0 Å². The lowest BCUT2D eigenvalue weighted by Gasteiger charge is -1.94. The lowest BCUT2D eigenvalue weighted by molar-refractivity contribution is -0.747. The van der Waals surface area contributed by atoms with Crippen molar-refractivity contribution in [2.45, 2.75) is 32.9 Å². The molecular weight excluding hydrogens is 198 g/mol. The smallest absolute Gasteiger partial charge is 0.138 e. The molecule has 0 amide bonds. The zero-order valence-electron chi connectivity index (χ0n) is 9.71. The quantitative estimate of drug-likeness (QED) is 0.701. The van der Waals surface area contributed by atoms with Crippen LogP contribution in [-0.2, 0) is 13.1 Å². The molecule has 0 aliphatic rings. The van der Waals surface area contributed by atoms with Crippen LogP contribution in [0.1, 0.15) is 25.3 Å². The molecular formula is C13H18N3+. The molecule has 0 radical (unpaired) electrons. The molecule has 0 saturated carbocycles. The molecule has 16 heavy (non-hydrogen) atoms. The molecule has 0 spiro atoms. The Bertz CT molecular complexity index is 420. The van der Waals surface area contributed by atoms with Gasteiger partial charge in [-0.05, 0) is 12.0 Å². The molecule has 2 rings (SSSR count). The first-order valence-corrected chi connectivity index (χ1v) is 5.85. The summed E-state index contributed by atoms with van der Waals surface area (Å²) in [6.45, 7) is 4.06. The van der Waals surface area contributed by atoms with Gasteiger partial charge in [-0.15, -0.1) is 9.36 Å². The zero-order valence-corrected chi connectivity index (χ0v) is 9.71. The standard InChI is InChI=1S/C13H18N3/c1-2-3-9-15-10-11-16(14-15)12-13-7-5-4-6-8-13/h4-8,10-11H,2-3,9,12H2,1H3/q+1. The van der Waals surface area contributed by atoms with E-state index in [0.717, 1.165) is 13.1 Å². The Balaban J connectivity index is 1.97. The van der Waals surface area contributed by atoms with Crippen LogP contribution in [-0.4, -0.2) is 9.90 Å². The Morgan fingerprint density at radius 1 is 1.25 bits per heavy atom. The van der Waals surface area contributed by atoms with Crippen molar-refractivity contribution in [2.24, 2.45) is 0 Å². The maximum atomic E-state index is 4.48. The summed E-state index contributed by atoms with van der Waals surface area (Å²) in [5.74, 6) is 0. The largest absolute Gasteiger partial charge is 0.155 e. The van der Waals surface area contributed by atoms with E-state index in [-0.39, 0.29) is 0 Å². The number of benzene rings is 1. The van der Waals surface area contributed by atoms with Crippen molar-refractivity contribution in [2.75, 3.05) is 0 Å². The summed E-state index contributed by atoms with van der Waals surface area (Å²) < 4.78 is 3.98. The van der Waals surface area contributed by atoms with Crippen molar-refractivity contribution in [1.29, 1.82) is 0 Å². The van der Waals surface area contributed by atoms with Crippen LogP contribution in [0, 0.1) is 0 Å². The number of rotatable bonds is 5. The first-order valence-electron chi connectivity index (χ1n) is 5.85. The van der Waals surface area contributed by atoms with Crippen molar-refractivity contribution >= 4 is 0 Å². The molecule has 0 unspecified atom stereocenters. The van der Waals surface area contributed by atoms with Crippen LogP contribution in [0.5, 0.6) is 0 Å². The number of aromatic nitrogens is 3. The van der Waals surface area contributed by atoms with Gasteiger partial charge in [0.1, 0.15) is 13.1 Å². The van der Waals surface area contributed by atoms with Crippen LogP contribution in [0.2, 0.25) is 0 Å². The lowest BCUT2D eigenvalue weighted by Crippen LogP contribution is -2.36. The Labute approximate surface area is 96.3 Å². The van der Waals surface area contributed by atoms with Crippen LogP contribution >= 0.6 is 0 Å². The van der Waals surface area contributed by atoms with E-state index in [1.54, 1.807) is 0 Å². The minimum Gasteiger partial charge on any atom is -0.138 e. The fourth-order valence-corrected chi connectivity index (χ4v) is 1.66. The molecule has 3 nitrogen and oxygen atoms in total. The van der Waals surface area contributed by atoms with Crippen molar-refractivity contribution in [3.05, 3.63) is 48.3 Å². The first kappa shape index (κ1) is 10.9. The molecule has 0 aliphatic heterocycles. The molecule has 1 heterocycles. The van der Waals surface area contributed by atoms with Gasteiger partial charge in [-0.3, -0.25) is 0 Å². The summed E-state index contributed by atoms with van der Waals surface area (Å²) >= 11 is 0. The van der Waals surface area contributed by atoms with Gasteiger partial charge in [-0.1, -0.05) is 43.7 Å². The van der Waals surface area contributed by atoms with Crippen LogP contribution in [0.4, 0.5) is 0 Å². The van der Waals surface area contributed by atoms with E-state index < -0.39 is 0 Å². The highest BCUT2D eigenvalue weighted by Gasteiger charge is 2.05. The fourth-order valence-electron chi connectivity index (χ4n) is 1.66. The summed E-state index contributed by atoms with van der Waals surface area (Å²) in [5.41, 5.74) is 1.29. The second-order valence-corrected chi connectivity index (χ2v) is 3.99. The summed E-state index contributed by atoms with van der Waals surface area (Å²) in [6, 6.07) is 10.4. The summed E-state index contributed by atoms with van der Waals surface area (Å²) in [6.07, 6.45) is 6.47. The van der Waals surface area contributed by atoms with Gasteiger partial charge in [0.15, 0.2) is 12.4 Å². The highest BCUT2D eigenvalue weighted by molar-refractivity contribution is 5.13. The van der Waals surface area contributed by atoms with Crippen LogP contribution in [0.3, 0.4) is 0 Å². The van der Waals surface area contributed by atoms with Gasteiger partial charge in [-0.25, -0.2) is 0 Å². The van der Waals surface area contributed by atoms with E-state index in [1.807, 2.05) is 27.8 Å². The van der Waals surface area contributed by atoms with Gasteiger partial charge in [0.25, 0.3) is 0 Å². The Hall–Kier alpha value is -1.64. The molecule has 3 heteroatoms. The van der Waals surface area contributed by atoms with Crippen molar-refractivity contribution in [3.63, 3.8) is 0 Å². The van der Waals surface area contributed by atoms with E-state index in [1.165, 1.54) is 18.4 Å². The number of nitrogens with zero attached hydrogens (tertiary/aromatic N) is 3. The van der Waals surface area contributed by atoms with Gasteiger partial charge in [0.05, 0.1) is 5.21 Å². The number of hydrogen-bond acceptors (Lipinski definition) is 1.